The first-order chi connectivity index (χ1) is 11.2. The molecule has 1 aliphatic heterocycles. The van der Waals surface area contributed by atoms with Crippen molar-refractivity contribution in [2.24, 2.45) is 5.92 Å². The van der Waals surface area contributed by atoms with Gasteiger partial charge in [0.2, 0.25) is 0 Å². The fourth-order valence-corrected chi connectivity index (χ4v) is 3.25. The van der Waals surface area contributed by atoms with Gasteiger partial charge in [0.1, 0.15) is 5.82 Å². The second-order valence-electron chi connectivity index (χ2n) is 6.45. The summed E-state index contributed by atoms with van der Waals surface area (Å²) < 4.78 is 14.9. The third-order valence-electron chi connectivity index (χ3n) is 4.55. The quantitative estimate of drug-likeness (QED) is 0.889. The lowest BCUT2D eigenvalue weighted by Crippen LogP contribution is -2.36. The predicted octanol–water partition coefficient (Wildman–Crippen LogP) is 2.50. The van der Waals surface area contributed by atoms with E-state index in [2.05, 4.69) is 21.5 Å². The molecule has 0 aliphatic carbocycles. The smallest absolute Gasteiger partial charge is 0.123 e. The molecule has 3 rings (SSSR count). The molecule has 2 aromatic rings. The highest BCUT2D eigenvalue weighted by molar-refractivity contribution is 5.16. The average molecular weight is 316 g/mol. The fourth-order valence-electron chi connectivity index (χ4n) is 3.25. The predicted molar refractivity (Wildman–Crippen MR) is 89.7 cm³/mol. The van der Waals surface area contributed by atoms with Crippen LogP contribution in [0.25, 0.3) is 0 Å². The summed E-state index contributed by atoms with van der Waals surface area (Å²) in [5.74, 6) is 0.619. The van der Waals surface area contributed by atoms with Crippen LogP contribution >= 0.6 is 0 Å². The molecule has 1 saturated heterocycles. The van der Waals surface area contributed by atoms with Crippen molar-refractivity contribution in [1.29, 1.82) is 0 Å². The van der Waals surface area contributed by atoms with E-state index in [9.17, 15) is 4.39 Å². The molecule has 2 heterocycles. The molecule has 5 heteroatoms. The molecule has 0 saturated carbocycles. The van der Waals surface area contributed by atoms with Crippen LogP contribution in [-0.4, -0.2) is 41.4 Å². The number of piperidine rings is 1. The summed E-state index contributed by atoms with van der Waals surface area (Å²) in [6.45, 7) is 5.11. The minimum absolute atomic E-state index is 0.198. The topological polar surface area (TPSA) is 33.1 Å². The van der Waals surface area contributed by atoms with Crippen LogP contribution in [0.1, 0.15) is 24.0 Å². The minimum atomic E-state index is -0.198. The first kappa shape index (κ1) is 16.1. The van der Waals surface area contributed by atoms with Crippen LogP contribution in [0.4, 0.5) is 4.39 Å². The van der Waals surface area contributed by atoms with Crippen molar-refractivity contribution >= 4 is 0 Å². The Morgan fingerprint density at radius 2 is 1.87 bits per heavy atom. The van der Waals surface area contributed by atoms with Gasteiger partial charge in [-0.2, -0.15) is 5.10 Å². The lowest BCUT2D eigenvalue weighted by atomic mass is 9.97. The Hall–Kier alpha value is -1.72. The zero-order chi connectivity index (χ0) is 16.1. The lowest BCUT2D eigenvalue weighted by molar-refractivity contribution is 0.177. The van der Waals surface area contributed by atoms with E-state index in [0.717, 1.165) is 37.7 Å². The standard InChI is InChI=1S/C18H25FN4/c1-20-10-15-6-8-22(9-7-15)12-17-11-21-23(14-17)13-16-2-4-18(19)5-3-16/h2-5,11,14-15,20H,6-10,12-13H2,1H3. The summed E-state index contributed by atoms with van der Waals surface area (Å²) in [6.07, 6.45) is 6.58. The van der Waals surface area contributed by atoms with E-state index in [1.54, 1.807) is 0 Å². The maximum absolute atomic E-state index is 12.9. The van der Waals surface area contributed by atoms with E-state index >= 15 is 0 Å². The van der Waals surface area contributed by atoms with Crippen LogP contribution in [0.15, 0.2) is 36.7 Å². The van der Waals surface area contributed by atoms with Gasteiger partial charge < -0.3 is 5.32 Å². The normalized spacial score (nSPS) is 16.8. The van der Waals surface area contributed by atoms with Gasteiger partial charge in [-0.05, 0) is 63.1 Å². The molecular weight excluding hydrogens is 291 g/mol. The number of halogens is 1. The molecule has 0 atom stereocenters. The third-order valence-corrected chi connectivity index (χ3v) is 4.55. The van der Waals surface area contributed by atoms with E-state index in [4.69, 9.17) is 0 Å². The van der Waals surface area contributed by atoms with Crippen molar-refractivity contribution in [2.45, 2.75) is 25.9 Å². The van der Waals surface area contributed by atoms with Crippen molar-refractivity contribution in [1.82, 2.24) is 20.0 Å². The van der Waals surface area contributed by atoms with Crippen LogP contribution < -0.4 is 5.32 Å². The number of hydrogen-bond acceptors (Lipinski definition) is 3. The first-order valence-corrected chi connectivity index (χ1v) is 8.35. The number of aromatic nitrogens is 2. The van der Waals surface area contributed by atoms with Crippen LogP contribution in [0.5, 0.6) is 0 Å². The van der Waals surface area contributed by atoms with E-state index in [0.29, 0.717) is 6.54 Å². The van der Waals surface area contributed by atoms with Crippen LogP contribution in [0.2, 0.25) is 0 Å². The van der Waals surface area contributed by atoms with Crippen molar-refractivity contribution < 1.29 is 4.39 Å². The Labute approximate surface area is 137 Å². The SMILES string of the molecule is CNCC1CCN(Cc2cnn(Cc3ccc(F)cc3)c2)CC1. The number of rotatable bonds is 6. The zero-order valence-electron chi connectivity index (χ0n) is 13.7. The maximum atomic E-state index is 12.9. The second kappa shape index (κ2) is 7.70. The Kier molecular flexibility index (Phi) is 5.41. The van der Waals surface area contributed by atoms with Crippen molar-refractivity contribution in [2.75, 3.05) is 26.7 Å². The monoisotopic (exact) mass is 316 g/mol. The lowest BCUT2D eigenvalue weighted by Gasteiger charge is -2.31. The molecule has 0 spiro atoms. The van der Waals surface area contributed by atoms with Gasteiger partial charge in [-0.3, -0.25) is 9.58 Å². The van der Waals surface area contributed by atoms with Gasteiger partial charge in [0.05, 0.1) is 12.7 Å². The summed E-state index contributed by atoms with van der Waals surface area (Å²) >= 11 is 0. The maximum Gasteiger partial charge on any atom is 0.123 e. The minimum Gasteiger partial charge on any atom is -0.319 e. The second-order valence-corrected chi connectivity index (χ2v) is 6.45. The van der Waals surface area contributed by atoms with Gasteiger partial charge in [0.15, 0.2) is 0 Å². The van der Waals surface area contributed by atoms with Gasteiger partial charge in [0, 0.05) is 18.3 Å². The van der Waals surface area contributed by atoms with Crippen molar-refractivity contribution in [3.8, 4) is 0 Å². The summed E-state index contributed by atoms with van der Waals surface area (Å²) in [4.78, 5) is 2.51. The highest BCUT2D eigenvalue weighted by atomic mass is 19.1. The molecule has 1 aliphatic rings. The molecule has 0 amide bonds. The number of nitrogens with one attached hydrogen (secondary N) is 1. The molecule has 0 bridgehead atoms. The van der Waals surface area contributed by atoms with Crippen LogP contribution in [0.3, 0.4) is 0 Å². The number of likely N-dealkylation sites (tertiary alicyclic amines) is 1. The molecule has 0 radical (unpaired) electrons. The molecule has 23 heavy (non-hydrogen) atoms. The first-order valence-electron chi connectivity index (χ1n) is 8.35. The average Bonchev–Trinajstić information content (AvgIpc) is 2.99. The van der Waals surface area contributed by atoms with Crippen LogP contribution in [-0.2, 0) is 13.1 Å². The summed E-state index contributed by atoms with van der Waals surface area (Å²) in [6, 6.07) is 6.61. The molecule has 124 valence electrons. The van der Waals surface area contributed by atoms with E-state index < -0.39 is 0 Å². The number of benzene rings is 1. The summed E-state index contributed by atoms with van der Waals surface area (Å²) in [7, 11) is 2.03. The van der Waals surface area contributed by atoms with E-state index in [1.165, 1.54) is 30.5 Å². The van der Waals surface area contributed by atoms with Crippen LogP contribution in [0, 0.1) is 11.7 Å². The molecule has 1 fully saturated rings. The molecular formula is C18H25FN4. The van der Waals surface area contributed by atoms with Gasteiger partial charge in [-0.1, -0.05) is 12.1 Å². The molecule has 1 N–H and O–H groups in total. The Morgan fingerprint density at radius 3 is 2.57 bits per heavy atom. The Balaban J connectivity index is 1.50. The van der Waals surface area contributed by atoms with Gasteiger partial charge in [0.25, 0.3) is 0 Å². The molecule has 1 aromatic carbocycles. The Morgan fingerprint density at radius 1 is 1.13 bits per heavy atom. The van der Waals surface area contributed by atoms with E-state index in [-0.39, 0.29) is 5.82 Å². The third kappa shape index (κ3) is 4.62. The molecule has 0 unspecified atom stereocenters. The van der Waals surface area contributed by atoms with Crippen molar-refractivity contribution in [3.05, 3.63) is 53.6 Å². The summed E-state index contributed by atoms with van der Waals surface area (Å²) in [5, 5.41) is 7.71. The van der Waals surface area contributed by atoms with Crippen molar-refractivity contribution in [3.63, 3.8) is 0 Å². The summed E-state index contributed by atoms with van der Waals surface area (Å²) in [5.41, 5.74) is 2.31. The number of nitrogens with zero attached hydrogens (tertiary/aromatic N) is 3. The highest BCUT2D eigenvalue weighted by Gasteiger charge is 2.18. The fraction of sp³-hybridized carbons (Fsp3) is 0.500. The zero-order valence-corrected chi connectivity index (χ0v) is 13.7. The van der Waals surface area contributed by atoms with Gasteiger partial charge >= 0.3 is 0 Å². The highest BCUT2D eigenvalue weighted by Crippen LogP contribution is 2.18. The number of hydrogen-bond donors (Lipinski definition) is 1. The van der Waals surface area contributed by atoms with Gasteiger partial charge in [-0.25, -0.2) is 4.39 Å². The van der Waals surface area contributed by atoms with E-state index in [1.807, 2.05) is 30.1 Å². The Bertz CT molecular complexity index is 600. The molecule has 1 aromatic heterocycles. The van der Waals surface area contributed by atoms with Gasteiger partial charge in [-0.15, -0.1) is 0 Å². The molecule has 4 nitrogen and oxygen atoms in total. The largest absolute Gasteiger partial charge is 0.319 e.